The van der Waals surface area contributed by atoms with Gasteiger partial charge in [0.05, 0.1) is 11.3 Å². The van der Waals surface area contributed by atoms with Crippen LogP contribution in [0.2, 0.25) is 0 Å². The molecule has 2 nitrogen and oxygen atoms in total. The molecule has 0 saturated heterocycles. The van der Waals surface area contributed by atoms with Gasteiger partial charge in [0, 0.05) is 18.2 Å². The second kappa shape index (κ2) is 5.49. The fourth-order valence-electron chi connectivity index (χ4n) is 2.02. The summed E-state index contributed by atoms with van der Waals surface area (Å²) in [5.41, 5.74) is -0.526. The molecule has 0 saturated carbocycles. The Kier molecular flexibility index (Phi) is 4.51. The fraction of sp³-hybridized carbons (Fsp3) is 0.583. The number of nitrogens with one attached hydrogen (secondary N) is 1. The molecule has 0 amide bonds. The lowest BCUT2D eigenvalue weighted by Gasteiger charge is -2.24. The van der Waals surface area contributed by atoms with Crippen molar-refractivity contribution in [1.29, 1.82) is 0 Å². The second-order valence-electron chi connectivity index (χ2n) is 4.03. The summed E-state index contributed by atoms with van der Waals surface area (Å²) >= 11 is 0. The molecule has 0 aromatic carbocycles. The minimum Gasteiger partial charge on any atom is -0.316 e. The molecule has 0 fully saturated rings. The molecule has 0 aliphatic heterocycles. The van der Waals surface area contributed by atoms with Crippen LogP contribution in [0, 0.1) is 0 Å². The Morgan fingerprint density at radius 3 is 2.53 bits per heavy atom. The minimum absolute atomic E-state index is 0.00833. The number of rotatable bonds is 4. The maximum absolute atomic E-state index is 12.8. The maximum Gasteiger partial charge on any atom is 0.418 e. The van der Waals surface area contributed by atoms with E-state index in [9.17, 15) is 13.2 Å². The van der Waals surface area contributed by atoms with Crippen LogP contribution >= 0.6 is 0 Å². The van der Waals surface area contributed by atoms with E-state index in [0.717, 1.165) is 12.5 Å². The maximum atomic E-state index is 12.8. The Hall–Kier alpha value is -1.10. The lowest BCUT2D eigenvalue weighted by Crippen LogP contribution is -2.31. The van der Waals surface area contributed by atoms with E-state index in [1.54, 1.807) is 14.0 Å². The highest BCUT2D eigenvalue weighted by Gasteiger charge is 2.36. The first-order valence-corrected chi connectivity index (χ1v) is 5.61. The zero-order valence-corrected chi connectivity index (χ0v) is 10.2. The molecular formula is C12H17F3N2. The molecule has 0 spiro atoms. The van der Waals surface area contributed by atoms with E-state index < -0.39 is 11.7 Å². The van der Waals surface area contributed by atoms with Crippen LogP contribution in [0.4, 0.5) is 13.2 Å². The summed E-state index contributed by atoms with van der Waals surface area (Å²) in [6.45, 7) is 3.70. The molecule has 5 heteroatoms. The molecule has 1 aromatic heterocycles. The highest BCUT2D eigenvalue weighted by Crippen LogP contribution is 2.35. The number of pyridine rings is 1. The van der Waals surface area contributed by atoms with Gasteiger partial charge in [-0.1, -0.05) is 13.8 Å². The van der Waals surface area contributed by atoms with Gasteiger partial charge in [0.1, 0.15) is 0 Å². The zero-order valence-electron chi connectivity index (χ0n) is 10.2. The van der Waals surface area contributed by atoms with Crippen molar-refractivity contribution in [1.82, 2.24) is 10.3 Å². The monoisotopic (exact) mass is 246 g/mol. The van der Waals surface area contributed by atoms with Crippen LogP contribution in [0.1, 0.15) is 37.4 Å². The molecule has 0 bridgehead atoms. The van der Waals surface area contributed by atoms with E-state index in [2.05, 4.69) is 10.3 Å². The molecule has 0 aliphatic carbocycles. The van der Waals surface area contributed by atoms with Crippen molar-refractivity contribution in [3.05, 3.63) is 29.6 Å². The molecule has 0 radical (unpaired) electrons. The summed E-state index contributed by atoms with van der Waals surface area (Å²) in [6.07, 6.45) is -2.18. The number of aromatic nitrogens is 1. The molecule has 1 heterocycles. The molecule has 96 valence electrons. The van der Waals surface area contributed by atoms with Gasteiger partial charge in [-0.2, -0.15) is 13.2 Å². The molecule has 0 aliphatic rings. The summed E-state index contributed by atoms with van der Waals surface area (Å²) in [5.74, 6) is -0.275. The van der Waals surface area contributed by atoms with Gasteiger partial charge in [-0.3, -0.25) is 4.98 Å². The minimum atomic E-state index is -4.34. The Labute approximate surface area is 99.3 Å². The molecule has 1 N–H and O–H groups in total. The van der Waals surface area contributed by atoms with Crippen molar-refractivity contribution < 1.29 is 13.2 Å². The normalized spacial score (nSPS) is 15.6. The van der Waals surface area contributed by atoms with Crippen molar-refractivity contribution >= 4 is 0 Å². The molecule has 2 unspecified atom stereocenters. The average molecular weight is 246 g/mol. The third-order valence-electron chi connectivity index (χ3n) is 2.99. The van der Waals surface area contributed by atoms with Crippen molar-refractivity contribution in [3.8, 4) is 0 Å². The van der Waals surface area contributed by atoms with Crippen LogP contribution in [0.25, 0.3) is 0 Å². The smallest absolute Gasteiger partial charge is 0.316 e. The Balaban J connectivity index is 3.13. The molecular weight excluding hydrogens is 229 g/mol. The number of likely N-dealkylation sites (N-methyl/N-ethyl adjacent to an activating group) is 1. The van der Waals surface area contributed by atoms with Crippen molar-refractivity contribution in [2.24, 2.45) is 0 Å². The van der Waals surface area contributed by atoms with Crippen LogP contribution in [0.15, 0.2) is 18.3 Å². The Morgan fingerprint density at radius 2 is 2.06 bits per heavy atom. The van der Waals surface area contributed by atoms with Gasteiger partial charge in [-0.05, 0) is 25.6 Å². The van der Waals surface area contributed by atoms with Gasteiger partial charge in [0.2, 0.25) is 0 Å². The van der Waals surface area contributed by atoms with E-state index in [0.29, 0.717) is 0 Å². The fourth-order valence-corrected chi connectivity index (χ4v) is 2.02. The first-order valence-electron chi connectivity index (χ1n) is 5.61. The van der Waals surface area contributed by atoms with E-state index in [1.165, 1.54) is 12.3 Å². The number of hydrogen-bond donors (Lipinski definition) is 1. The summed E-state index contributed by atoms with van der Waals surface area (Å²) in [7, 11) is 1.75. The first-order chi connectivity index (χ1) is 7.91. The van der Waals surface area contributed by atoms with Gasteiger partial charge in [0.15, 0.2) is 0 Å². The van der Waals surface area contributed by atoms with Gasteiger partial charge >= 0.3 is 6.18 Å². The van der Waals surface area contributed by atoms with Crippen LogP contribution in [-0.4, -0.2) is 18.1 Å². The molecule has 1 rings (SSSR count). The van der Waals surface area contributed by atoms with E-state index >= 15 is 0 Å². The third kappa shape index (κ3) is 3.19. The third-order valence-corrected chi connectivity index (χ3v) is 2.99. The highest BCUT2D eigenvalue weighted by molar-refractivity contribution is 5.26. The number of halogens is 3. The first kappa shape index (κ1) is 14.0. The van der Waals surface area contributed by atoms with E-state index in [1.807, 2.05) is 6.92 Å². The zero-order chi connectivity index (χ0) is 13.1. The van der Waals surface area contributed by atoms with E-state index in [-0.39, 0.29) is 17.7 Å². The van der Waals surface area contributed by atoms with Crippen molar-refractivity contribution in [2.45, 2.75) is 38.4 Å². The van der Waals surface area contributed by atoms with Crippen molar-refractivity contribution in [3.63, 3.8) is 0 Å². The Bertz CT molecular complexity index is 359. The summed E-state index contributed by atoms with van der Waals surface area (Å²) < 4.78 is 38.5. The Morgan fingerprint density at radius 1 is 1.41 bits per heavy atom. The summed E-state index contributed by atoms with van der Waals surface area (Å²) in [4.78, 5) is 3.90. The highest BCUT2D eigenvalue weighted by atomic mass is 19.4. The molecule has 17 heavy (non-hydrogen) atoms. The SMILES string of the molecule is CCC(NC)C(C)c1ncccc1C(F)(F)F. The van der Waals surface area contributed by atoms with Gasteiger partial charge in [0.25, 0.3) is 0 Å². The lowest BCUT2D eigenvalue weighted by molar-refractivity contribution is -0.138. The summed E-state index contributed by atoms with van der Waals surface area (Å²) in [5, 5.41) is 3.02. The number of alkyl halides is 3. The van der Waals surface area contributed by atoms with Gasteiger partial charge < -0.3 is 5.32 Å². The number of nitrogens with zero attached hydrogens (tertiary/aromatic N) is 1. The topological polar surface area (TPSA) is 24.9 Å². The molecule has 2 atom stereocenters. The predicted molar refractivity (Wildman–Crippen MR) is 60.8 cm³/mol. The molecule has 1 aromatic rings. The van der Waals surface area contributed by atoms with Crippen LogP contribution in [0.3, 0.4) is 0 Å². The van der Waals surface area contributed by atoms with Crippen LogP contribution < -0.4 is 5.32 Å². The largest absolute Gasteiger partial charge is 0.418 e. The number of hydrogen-bond acceptors (Lipinski definition) is 2. The van der Waals surface area contributed by atoms with E-state index in [4.69, 9.17) is 0 Å². The average Bonchev–Trinajstić information content (AvgIpc) is 2.29. The second-order valence-corrected chi connectivity index (χ2v) is 4.03. The van der Waals surface area contributed by atoms with Gasteiger partial charge in [-0.15, -0.1) is 0 Å². The predicted octanol–water partition coefficient (Wildman–Crippen LogP) is 3.20. The quantitative estimate of drug-likeness (QED) is 0.882. The standard InChI is InChI=1S/C12H17F3N2/c1-4-10(16-3)8(2)11-9(12(13,14)15)6-5-7-17-11/h5-8,10,16H,4H2,1-3H3. The lowest BCUT2D eigenvalue weighted by atomic mass is 9.92. The summed E-state index contributed by atoms with van der Waals surface area (Å²) in [6, 6.07) is 2.40. The van der Waals surface area contributed by atoms with Gasteiger partial charge in [-0.25, -0.2) is 0 Å². The van der Waals surface area contributed by atoms with Crippen molar-refractivity contribution in [2.75, 3.05) is 7.05 Å². The van der Waals surface area contributed by atoms with Crippen LogP contribution in [-0.2, 0) is 6.18 Å². The van der Waals surface area contributed by atoms with Crippen LogP contribution in [0.5, 0.6) is 0 Å².